The molecule has 0 saturated heterocycles. The number of ether oxygens (including phenoxy) is 3. The molecule has 0 spiro atoms. The van der Waals surface area contributed by atoms with Crippen LogP contribution in [0.25, 0.3) is 11.1 Å². The highest BCUT2D eigenvalue weighted by Gasteiger charge is 2.29. The molecule has 172 valence electrons. The Labute approximate surface area is 189 Å². The molecule has 0 radical (unpaired) electrons. The number of aryl methyl sites for hydroxylation is 1. The summed E-state index contributed by atoms with van der Waals surface area (Å²) in [5.41, 5.74) is 3.83. The first-order chi connectivity index (χ1) is 15.3. The molecule has 0 fully saturated rings. The fourth-order valence-corrected chi connectivity index (χ4v) is 4.17. The van der Waals surface area contributed by atoms with Crippen LogP contribution in [0.2, 0.25) is 0 Å². The summed E-state index contributed by atoms with van der Waals surface area (Å²) in [5.74, 6) is 1.85. The van der Waals surface area contributed by atoms with Crippen LogP contribution in [0.15, 0.2) is 29.1 Å². The number of carbonyl (C=O) groups excluding carboxylic acids is 1. The quantitative estimate of drug-likeness (QED) is 0.679. The van der Waals surface area contributed by atoms with Crippen molar-refractivity contribution in [1.29, 1.82) is 0 Å². The van der Waals surface area contributed by atoms with Crippen LogP contribution in [0.1, 0.15) is 44.4 Å². The molecule has 1 aliphatic carbocycles. The number of amides is 1. The lowest BCUT2D eigenvalue weighted by Crippen LogP contribution is -2.26. The number of hydrogen-bond donors (Lipinski definition) is 2. The van der Waals surface area contributed by atoms with Crippen molar-refractivity contribution in [2.45, 2.75) is 39.7 Å². The average molecular weight is 441 g/mol. The number of methoxy groups -OCH3 is 3. The molecular formula is C25H32N2O5. The van der Waals surface area contributed by atoms with Gasteiger partial charge < -0.3 is 24.8 Å². The van der Waals surface area contributed by atoms with E-state index < -0.39 is 0 Å². The maximum Gasteiger partial charge on any atom is 0.217 e. The van der Waals surface area contributed by atoms with Gasteiger partial charge in [-0.3, -0.25) is 9.59 Å². The van der Waals surface area contributed by atoms with Gasteiger partial charge >= 0.3 is 0 Å². The standard InChI is InChI=1S/C25H32N2O5/c1-14(2)13-26-20-10-8-17-18(12-21(20)29)19(27-15(3)28)9-7-16-11-22(30-4)24(31-5)25(32-6)23(16)17/h8,10-12,14,19H,7,9,13H2,1-6H3,(H,26,29)(H,27,28)/t19-/m0/s1. The monoisotopic (exact) mass is 440 g/mol. The summed E-state index contributed by atoms with van der Waals surface area (Å²) in [6, 6.07) is 6.99. The Bertz CT molecular complexity index is 1060. The summed E-state index contributed by atoms with van der Waals surface area (Å²) < 4.78 is 16.9. The minimum atomic E-state index is -0.311. The number of nitrogens with one attached hydrogen (secondary N) is 2. The van der Waals surface area contributed by atoms with Crippen LogP contribution in [-0.4, -0.2) is 33.8 Å². The summed E-state index contributed by atoms with van der Waals surface area (Å²) in [5, 5.41) is 6.26. The van der Waals surface area contributed by atoms with Crippen molar-refractivity contribution in [3.05, 3.63) is 45.6 Å². The molecule has 7 heteroatoms. The van der Waals surface area contributed by atoms with Crippen LogP contribution >= 0.6 is 0 Å². The summed E-state index contributed by atoms with van der Waals surface area (Å²) in [4.78, 5) is 25.1. The summed E-state index contributed by atoms with van der Waals surface area (Å²) in [7, 11) is 4.75. The molecule has 2 N–H and O–H groups in total. The largest absolute Gasteiger partial charge is 0.493 e. The Morgan fingerprint density at radius 3 is 2.41 bits per heavy atom. The van der Waals surface area contributed by atoms with Gasteiger partial charge in [-0.05, 0) is 53.6 Å². The SMILES string of the molecule is COc1cc2c(c(OC)c1OC)-c1ccc(NCC(C)C)c(=O)cc1[C@@H](NC(C)=O)CC2. The molecule has 1 atom stereocenters. The molecule has 0 saturated carbocycles. The lowest BCUT2D eigenvalue weighted by atomic mass is 9.95. The Balaban J connectivity index is 2.33. The topological polar surface area (TPSA) is 85.9 Å². The fourth-order valence-electron chi connectivity index (χ4n) is 4.17. The van der Waals surface area contributed by atoms with Crippen molar-refractivity contribution in [2.75, 3.05) is 33.2 Å². The fraction of sp³-hybridized carbons (Fsp3) is 0.440. The van der Waals surface area contributed by atoms with Crippen LogP contribution < -0.4 is 30.3 Å². The highest BCUT2D eigenvalue weighted by molar-refractivity contribution is 5.83. The van der Waals surface area contributed by atoms with Gasteiger partial charge in [0, 0.05) is 19.0 Å². The molecule has 1 amide bonds. The van der Waals surface area contributed by atoms with E-state index in [4.69, 9.17) is 14.2 Å². The Morgan fingerprint density at radius 1 is 1.09 bits per heavy atom. The van der Waals surface area contributed by atoms with Gasteiger partial charge in [0.15, 0.2) is 11.5 Å². The van der Waals surface area contributed by atoms with E-state index in [0.717, 1.165) is 22.3 Å². The Hall–Kier alpha value is -3.22. The number of benzene rings is 1. The number of hydrogen-bond acceptors (Lipinski definition) is 6. The van der Waals surface area contributed by atoms with E-state index in [1.807, 2.05) is 12.1 Å². The first-order valence-electron chi connectivity index (χ1n) is 10.8. The van der Waals surface area contributed by atoms with Gasteiger partial charge in [-0.2, -0.15) is 0 Å². The summed E-state index contributed by atoms with van der Waals surface area (Å²) in [6.07, 6.45) is 1.30. The zero-order valence-electron chi connectivity index (χ0n) is 19.6. The van der Waals surface area contributed by atoms with Gasteiger partial charge in [0.25, 0.3) is 0 Å². The van der Waals surface area contributed by atoms with E-state index in [1.54, 1.807) is 33.5 Å². The molecule has 2 aromatic rings. The number of rotatable bonds is 7. The van der Waals surface area contributed by atoms with E-state index >= 15 is 0 Å². The van der Waals surface area contributed by atoms with Crippen molar-refractivity contribution in [3.63, 3.8) is 0 Å². The van der Waals surface area contributed by atoms with Gasteiger partial charge in [0.05, 0.1) is 33.1 Å². The van der Waals surface area contributed by atoms with E-state index in [-0.39, 0.29) is 17.4 Å². The molecule has 0 aliphatic heterocycles. The molecule has 2 aromatic carbocycles. The van der Waals surface area contributed by atoms with Gasteiger partial charge in [-0.15, -0.1) is 0 Å². The van der Waals surface area contributed by atoms with Crippen molar-refractivity contribution in [1.82, 2.24) is 5.32 Å². The molecule has 7 nitrogen and oxygen atoms in total. The molecular weight excluding hydrogens is 408 g/mol. The van der Waals surface area contributed by atoms with Crippen LogP contribution in [0.5, 0.6) is 17.2 Å². The van der Waals surface area contributed by atoms with Crippen LogP contribution in [-0.2, 0) is 11.2 Å². The second-order valence-corrected chi connectivity index (χ2v) is 8.37. The normalized spacial score (nSPS) is 14.7. The first kappa shape index (κ1) is 23.4. The maximum absolute atomic E-state index is 13.1. The Morgan fingerprint density at radius 2 is 1.81 bits per heavy atom. The molecule has 0 heterocycles. The van der Waals surface area contributed by atoms with Gasteiger partial charge in [0.2, 0.25) is 17.1 Å². The van der Waals surface area contributed by atoms with E-state index in [0.29, 0.717) is 48.2 Å². The summed E-state index contributed by atoms with van der Waals surface area (Å²) >= 11 is 0. The van der Waals surface area contributed by atoms with E-state index in [2.05, 4.69) is 24.5 Å². The molecule has 1 aliphatic rings. The second kappa shape index (κ2) is 9.94. The lowest BCUT2D eigenvalue weighted by molar-refractivity contribution is -0.119. The first-order valence-corrected chi connectivity index (χ1v) is 10.8. The van der Waals surface area contributed by atoms with Gasteiger partial charge in [0.1, 0.15) is 0 Å². The zero-order chi connectivity index (χ0) is 23.4. The van der Waals surface area contributed by atoms with E-state index in [9.17, 15) is 9.59 Å². The predicted molar refractivity (Wildman–Crippen MR) is 126 cm³/mol. The highest BCUT2D eigenvalue weighted by atomic mass is 16.5. The minimum absolute atomic E-state index is 0.120. The lowest BCUT2D eigenvalue weighted by Gasteiger charge is -2.19. The van der Waals surface area contributed by atoms with Crippen molar-refractivity contribution in [2.24, 2.45) is 5.92 Å². The highest BCUT2D eigenvalue weighted by Crippen LogP contribution is 2.50. The predicted octanol–water partition coefficient (Wildman–Crippen LogP) is 3.93. The van der Waals surface area contributed by atoms with Gasteiger partial charge in [-0.1, -0.05) is 19.9 Å². The van der Waals surface area contributed by atoms with E-state index in [1.165, 1.54) is 6.92 Å². The smallest absolute Gasteiger partial charge is 0.217 e. The van der Waals surface area contributed by atoms with Gasteiger partial charge in [-0.25, -0.2) is 0 Å². The van der Waals surface area contributed by atoms with Crippen molar-refractivity contribution < 1.29 is 19.0 Å². The molecule has 32 heavy (non-hydrogen) atoms. The van der Waals surface area contributed by atoms with Crippen LogP contribution in [0.4, 0.5) is 5.69 Å². The average Bonchev–Trinajstić information content (AvgIpc) is 2.99. The molecule has 0 aromatic heterocycles. The number of fused-ring (bicyclic) bond motifs is 3. The summed E-state index contributed by atoms with van der Waals surface area (Å²) in [6.45, 7) is 6.34. The zero-order valence-corrected chi connectivity index (χ0v) is 19.6. The minimum Gasteiger partial charge on any atom is -0.493 e. The Kier molecular flexibility index (Phi) is 7.28. The van der Waals surface area contributed by atoms with Crippen LogP contribution in [0, 0.1) is 5.92 Å². The third kappa shape index (κ3) is 4.66. The van der Waals surface area contributed by atoms with Crippen LogP contribution in [0.3, 0.4) is 0 Å². The number of anilines is 1. The number of carbonyl (C=O) groups is 1. The molecule has 0 bridgehead atoms. The third-order valence-electron chi connectivity index (χ3n) is 5.62. The van der Waals surface area contributed by atoms with Crippen molar-refractivity contribution >= 4 is 11.6 Å². The molecule has 3 rings (SSSR count). The maximum atomic E-state index is 13.1. The second-order valence-electron chi connectivity index (χ2n) is 8.37. The third-order valence-corrected chi connectivity index (χ3v) is 5.62. The molecule has 0 unspecified atom stereocenters. The van der Waals surface area contributed by atoms with Crippen molar-refractivity contribution in [3.8, 4) is 28.4 Å².